The Kier molecular flexibility index (Phi) is 2.61. The SMILES string of the molecule is O=C(O)c1cc2cc(C(F)(F)F)ccc2c(=O)o1. The molecule has 1 heterocycles. The number of hydrogen-bond acceptors (Lipinski definition) is 3. The molecule has 4 nitrogen and oxygen atoms in total. The molecule has 7 heteroatoms. The Morgan fingerprint density at radius 3 is 2.44 bits per heavy atom. The van der Waals surface area contributed by atoms with Crippen molar-refractivity contribution < 1.29 is 27.5 Å². The Labute approximate surface area is 97.3 Å². The topological polar surface area (TPSA) is 67.5 Å². The van der Waals surface area contributed by atoms with E-state index in [9.17, 15) is 22.8 Å². The van der Waals surface area contributed by atoms with Crippen LogP contribution >= 0.6 is 0 Å². The van der Waals surface area contributed by atoms with Gasteiger partial charge >= 0.3 is 17.8 Å². The summed E-state index contributed by atoms with van der Waals surface area (Å²) in [7, 11) is 0. The van der Waals surface area contributed by atoms with Gasteiger partial charge in [-0.3, -0.25) is 0 Å². The van der Waals surface area contributed by atoms with E-state index in [1.807, 2.05) is 0 Å². The van der Waals surface area contributed by atoms with Crippen molar-refractivity contribution in [1.82, 2.24) is 0 Å². The summed E-state index contributed by atoms with van der Waals surface area (Å²) in [5.41, 5.74) is -1.95. The van der Waals surface area contributed by atoms with Crippen LogP contribution < -0.4 is 5.63 Å². The van der Waals surface area contributed by atoms with E-state index in [2.05, 4.69) is 4.42 Å². The van der Waals surface area contributed by atoms with E-state index in [-0.39, 0.29) is 10.8 Å². The van der Waals surface area contributed by atoms with Gasteiger partial charge in [0.05, 0.1) is 10.9 Å². The number of alkyl halides is 3. The fourth-order valence-corrected chi connectivity index (χ4v) is 1.48. The van der Waals surface area contributed by atoms with Gasteiger partial charge in [0.2, 0.25) is 5.76 Å². The molecule has 0 bridgehead atoms. The Morgan fingerprint density at radius 1 is 1.22 bits per heavy atom. The monoisotopic (exact) mass is 258 g/mol. The first-order chi connectivity index (χ1) is 8.29. The Balaban J connectivity index is 2.76. The van der Waals surface area contributed by atoms with Crippen molar-refractivity contribution in [3.63, 3.8) is 0 Å². The maximum atomic E-state index is 12.5. The van der Waals surface area contributed by atoms with E-state index < -0.39 is 29.1 Å². The molecule has 0 aliphatic heterocycles. The van der Waals surface area contributed by atoms with Crippen molar-refractivity contribution in [2.24, 2.45) is 0 Å². The zero-order valence-corrected chi connectivity index (χ0v) is 8.62. The van der Waals surface area contributed by atoms with Crippen LogP contribution in [0.3, 0.4) is 0 Å². The molecule has 0 atom stereocenters. The molecule has 0 saturated heterocycles. The van der Waals surface area contributed by atoms with Gasteiger partial charge in [-0.05, 0) is 29.7 Å². The molecule has 0 unspecified atom stereocenters. The van der Waals surface area contributed by atoms with Gasteiger partial charge < -0.3 is 9.52 Å². The summed E-state index contributed by atoms with van der Waals surface area (Å²) in [6.07, 6.45) is -4.56. The summed E-state index contributed by atoms with van der Waals surface area (Å²) < 4.78 is 41.8. The number of carboxylic acids is 1. The number of rotatable bonds is 1. The minimum Gasteiger partial charge on any atom is -0.475 e. The lowest BCUT2D eigenvalue weighted by Crippen LogP contribution is -2.09. The summed E-state index contributed by atoms with van der Waals surface area (Å²) in [5.74, 6) is -2.22. The van der Waals surface area contributed by atoms with Crippen molar-refractivity contribution in [2.75, 3.05) is 0 Å². The summed E-state index contributed by atoms with van der Waals surface area (Å²) in [5, 5.41) is 8.41. The Hall–Kier alpha value is -2.31. The largest absolute Gasteiger partial charge is 0.475 e. The number of aromatic carboxylic acids is 1. The quantitative estimate of drug-likeness (QED) is 0.853. The van der Waals surface area contributed by atoms with Gasteiger partial charge in [-0.1, -0.05) is 0 Å². The van der Waals surface area contributed by atoms with Gasteiger partial charge in [0.15, 0.2) is 0 Å². The molecular weight excluding hydrogens is 253 g/mol. The van der Waals surface area contributed by atoms with Crippen LogP contribution in [0.4, 0.5) is 13.2 Å². The molecule has 0 amide bonds. The molecule has 1 aromatic heterocycles. The maximum absolute atomic E-state index is 12.5. The first kappa shape index (κ1) is 12.2. The van der Waals surface area contributed by atoms with E-state index >= 15 is 0 Å². The molecule has 1 N–H and O–H groups in total. The highest BCUT2D eigenvalue weighted by atomic mass is 19.4. The second kappa shape index (κ2) is 3.86. The van der Waals surface area contributed by atoms with Crippen LogP contribution in [0.5, 0.6) is 0 Å². The molecular formula is C11H5F3O4. The number of hydrogen-bond donors (Lipinski definition) is 1. The first-order valence-electron chi connectivity index (χ1n) is 4.67. The number of carbonyl (C=O) groups is 1. The average molecular weight is 258 g/mol. The smallest absolute Gasteiger partial charge is 0.416 e. The number of carboxylic acid groups (broad SMARTS) is 1. The summed E-state index contributed by atoms with van der Waals surface area (Å²) >= 11 is 0. The van der Waals surface area contributed by atoms with Gasteiger partial charge in [-0.25, -0.2) is 9.59 Å². The molecule has 1 aromatic carbocycles. The highest BCUT2D eigenvalue weighted by Crippen LogP contribution is 2.30. The van der Waals surface area contributed by atoms with E-state index in [0.717, 1.165) is 18.2 Å². The zero-order valence-electron chi connectivity index (χ0n) is 8.62. The van der Waals surface area contributed by atoms with Crippen molar-refractivity contribution >= 4 is 16.7 Å². The lowest BCUT2D eigenvalue weighted by atomic mass is 10.1. The molecule has 18 heavy (non-hydrogen) atoms. The minimum atomic E-state index is -4.56. The van der Waals surface area contributed by atoms with Gasteiger partial charge in [0, 0.05) is 0 Å². The molecule has 0 fully saturated rings. The number of benzene rings is 1. The summed E-state index contributed by atoms with van der Waals surface area (Å²) in [6.45, 7) is 0. The molecule has 94 valence electrons. The van der Waals surface area contributed by atoms with Crippen LogP contribution in [-0.2, 0) is 6.18 Å². The predicted octanol–water partition coefficient (Wildman–Crippen LogP) is 2.51. The van der Waals surface area contributed by atoms with Crippen LogP contribution in [-0.4, -0.2) is 11.1 Å². The second-order valence-corrected chi connectivity index (χ2v) is 3.50. The number of fused-ring (bicyclic) bond motifs is 1. The predicted molar refractivity (Wildman–Crippen MR) is 54.4 cm³/mol. The maximum Gasteiger partial charge on any atom is 0.416 e. The lowest BCUT2D eigenvalue weighted by molar-refractivity contribution is -0.137. The molecule has 2 aromatic rings. The van der Waals surface area contributed by atoms with Crippen molar-refractivity contribution in [3.05, 3.63) is 46.0 Å². The number of halogens is 3. The normalized spacial score (nSPS) is 11.7. The van der Waals surface area contributed by atoms with E-state index in [1.54, 1.807) is 0 Å². The molecule has 0 spiro atoms. The zero-order chi connectivity index (χ0) is 13.5. The fraction of sp³-hybridized carbons (Fsp3) is 0.0909. The van der Waals surface area contributed by atoms with E-state index in [4.69, 9.17) is 5.11 Å². The van der Waals surface area contributed by atoms with Gasteiger partial charge in [0.1, 0.15) is 0 Å². The lowest BCUT2D eigenvalue weighted by Gasteiger charge is -2.07. The molecule has 0 radical (unpaired) electrons. The van der Waals surface area contributed by atoms with Gasteiger partial charge in [0.25, 0.3) is 0 Å². The minimum absolute atomic E-state index is 0.104. The van der Waals surface area contributed by atoms with E-state index in [1.165, 1.54) is 0 Å². The Bertz CT molecular complexity index is 685. The molecule has 2 rings (SSSR count). The highest BCUT2D eigenvalue weighted by Gasteiger charge is 2.30. The molecule has 0 saturated carbocycles. The van der Waals surface area contributed by atoms with Crippen molar-refractivity contribution in [3.8, 4) is 0 Å². The van der Waals surface area contributed by atoms with Gasteiger partial charge in [-0.15, -0.1) is 0 Å². The standard InChI is InChI=1S/C11H5F3O4/c12-11(13,14)6-1-2-7-5(3-6)4-8(9(15)16)18-10(7)17/h1-4H,(H,15,16). The first-order valence-corrected chi connectivity index (χ1v) is 4.67. The van der Waals surface area contributed by atoms with Gasteiger partial charge in [-0.2, -0.15) is 13.2 Å². The third kappa shape index (κ3) is 2.06. The van der Waals surface area contributed by atoms with Crippen LogP contribution in [0.15, 0.2) is 33.5 Å². The third-order valence-electron chi connectivity index (χ3n) is 2.30. The average Bonchev–Trinajstić information content (AvgIpc) is 2.26. The second-order valence-electron chi connectivity index (χ2n) is 3.50. The van der Waals surface area contributed by atoms with Crippen LogP contribution in [0.2, 0.25) is 0 Å². The van der Waals surface area contributed by atoms with Crippen LogP contribution in [0, 0.1) is 0 Å². The third-order valence-corrected chi connectivity index (χ3v) is 2.30. The summed E-state index contributed by atoms with van der Waals surface area (Å²) in [6, 6.07) is 3.28. The molecule has 0 aliphatic carbocycles. The highest BCUT2D eigenvalue weighted by molar-refractivity contribution is 5.90. The summed E-state index contributed by atoms with van der Waals surface area (Å²) in [4.78, 5) is 22.0. The van der Waals surface area contributed by atoms with Crippen molar-refractivity contribution in [1.29, 1.82) is 0 Å². The van der Waals surface area contributed by atoms with E-state index in [0.29, 0.717) is 6.07 Å². The Morgan fingerprint density at radius 2 is 1.89 bits per heavy atom. The fourth-order valence-electron chi connectivity index (χ4n) is 1.48. The van der Waals surface area contributed by atoms with Crippen LogP contribution in [0.1, 0.15) is 16.1 Å². The van der Waals surface area contributed by atoms with Crippen LogP contribution in [0.25, 0.3) is 10.8 Å². The molecule has 0 aliphatic rings. The van der Waals surface area contributed by atoms with Crippen molar-refractivity contribution in [2.45, 2.75) is 6.18 Å².